The normalized spacial score (nSPS) is 13.2. The summed E-state index contributed by atoms with van der Waals surface area (Å²) >= 11 is 0. The van der Waals surface area contributed by atoms with Crippen LogP contribution >= 0.6 is 0 Å². The summed E-state index contributed by atoms with van der Waals surface area (Å²) in [5, 5.41) is 3.17. The molecule has 6 nitrogen and oxygen atoms in total. The number of ether oxygens (including phenoxy) is 1. The highest BCUT2D eigenvalue weighted by Crippen LogP contribution is 2.39. The molecule has 3 aromatic carbocycles. The second kappa shape index (κ2) is 7.01. The fourth-order valence-corrected chi connectivity index (χ4v) is 4.74. The van der Waals surface area contributed by atoms with Crippen LogP contribution in [0.4, 0.5) is 17.1 Å². The van der Waals surface area contributed by atoms with Gasteiger partial charge in [0.15, 0.2) is 0 Å². The van der Waals surface area contributed by atoms with Crippen LogP contribution in [0.2, 0.25) is 0 Å². The number of rotatable bonds is 4. The van der Waals surface area contributed by atoms with Crippen LogP contribution in [0.15, 0.2) is 72.8 Å². The van der Waals surface area contributed by atoms with Crippen molar-refractivity contribution in [3.63, 3.8) is 0 Å². The molecule has 142 valence electrons. The van der Waals surface area contributed by atoms with Crippen LogP contribution in [-0.2, 0) is 15.8 Å². The molecule has 0 saturated heterocycles. The van der Waals surface area contributed by atoms with E-state index in [0.29, 0.717) is 22.7 Å². The Hall–Kier alpha value is -3.32. The molecule has 0 bridgehead atoms. The minimum absolute atomic E-state index is 0.262. The average molecular weight is 394 g/mol. The number of anilines is 3. The Labute approximate surface area is 163 Å². The SMILES string of the molecule is COc1ccc2c(c1)Nc1ccccc1C(=O)N2S(=O)(=O)Cc1ccccc1. The van der Waals surface area contributed by atoms with Gasteiger partial charge in [0.05, 0.1) is 35.5 Å². The van der Waals surface area contributed by atoms with Gasteiger partial charge in [-0.3, -0.25) is 4.79 Å². The summed E-state index contributed by atoms with van der Waals surface area (Å²) in [7, 11) is -2.45. The highest BCUT2D eigenvalue weighted by atomic mass is 32.2. The van der Waals surface area contributed by atoms with Gasteiger partial charge in [-0.05, 0) is 29.8 Å². The smallest absolute Gasteiger partial charge is 0.274 e. The molecule has 1 aliphatic rings. The predicted molar refractivity (Wildman–Crippen MR) is 109 cm³/mol. The number of methoxy groups -OCH3 is 1. The number of sulfonamides is 1. The van der Waals surface area contributed by atoms with E-state index in [1.165, 1.54) is 7.11 Å². The van der Waals surface area contributed by atoms with Gasteiger partial charge in [0.25, 0.3) is 5.91 Å². The summed E-state index contributed by atoms with van der Waals surface area (Å²) in [5.74, 6) is -0.325. The van der Waals surface area contributed by atoms with Crippen molar-refractivity contribution in [2.45, 2.75) is 5.75 Å². The summed E-state index contributed by atoms with van der Waals surface area (Å²) in [4.78, 5) is 13.3. The van der Waals surface area contributed by atoms with Gasteiger partial charge in [0.2, 0.25) is 10.0 Å². The van der Waals surface area contributed by atoms with Crippen molar-refractivity contribution in [1.29, 1.82) is 0 Å². The first-order chi connectivity index (χ1) is 13.5. The van der Waals surface area contributed by atoms with Crippen molar-refractivity contribution in [2.75, 3.05) is 16.7 Å². The van der Waals surface area contributed by atoms with E-state index in [9.17, 15) is 13.2 Å². The molecule has 28 heavy (non-hydrogen) atoms. The molecule has 0 spiro atoms. The van der Waals surface area contributed by atoms with E-state index < -0.39 is 15.9 Å². The third kappa shape index (κ3) is 3.20. The van der Waals surface area contributed by atoms with Gasteiger partial charge in [0.1, 0.15) is 5.75 Å². The maximum Gasteiger partial charge on any atom is 0.274 e. The topological polar surface area (TPSA) is 75.7 Å². The number of benzene rings is 3. The first-order valence-electron chi connectivity index (χ1n) is 8.65. The molecule has 1 N–H and O–H groups in total. The van der Waals surface area contributed by atoms with Gasteiger partial charge < -0.3 is 10.1 Å². The standard InChI is InChI=1S/C21H18N2O4S/c1-27-16-11-12-20-19(13-16)22-18-10-6-5-9-17(18)21(24)23(20)28(25,26)14-15-7-3-2-4-8-15/h2-13,22H,14H2,1H3. The van der Waals surface area contributed by atoms with Crippen molar-refractivity contribution in [2.24, 2.45) is 0 Å². The van der Waals surface area contributed by atoms with Gasteiger partial charge in [-0.2, -0.15) is 0 Å². The molecule has 0 unspecified atom stereocenters. The molecule has 0 fully saturated rings. The van der Waals surface area contributed by atoms with Crippen LogP contribution in [0.3, 0.4) is 0 Å². The molecule has 0 aliphatic carbocycles. The summed E-state index contributed by atoms with van der Waals surface area (Å²) in [6, 6.07) is 20.5. The second-order valence-electron chi connectivity index (χ2n) is 6.37. The first-order valence-corrected chi connectivity index (χ1v) is 10.3. The average Bonchev–Trinajstić information content (AvgIpc) is 2.82. The van der Waals surface area contributed by atoms with E-state index in [1.807, 2.05) is 6.07 Å². The van der Waals surface area contributed by atoms with Crippen LogP contribution in [0, 0.1) is 0 Å². The van der Waals surface area contributed by atoms with Crippen LogP contribution in [0.1, 0.15) is 15.9 Å². The molecule has 1 heterocycles. The Morgan fingerprint density at radius 1 is 0.929 bits per heavy atom. The van der Waals surface area contributed by atoms with Crippen LogP contribution in [0.25, 0.3) is 0 Å². The van der Waals surface area contributed by atoms with Crippen molar-refractivity contribution < 1.29 is 17.9 Å². The van der Waals surface area contributed by atoms with Gasteiger partial charge in [-0.1, -0.05) is 42.5 Å². The van der Waals surface area contributed by atoms with Crippen molar-refractivity contribution in [3.8, 4) is 5.75 Å². The first kappa shape index (κ1) is 18.1. The Morgan fingerprint density at radius 2 is 1.64 bits per heavy atom. The lowest BCUT2D eigenvalue weighted by atomic mass is 10.1. The van der Waals surface area contributed by atoms with E-state index in [2.05, 4.69) is 5.32 Å². The number of amides is 1. The molecule has 3 aromatic rings. The molecular weight excluding hydrogens is 376 g/mol. The number of nitrogens with one attached hydrogen (secondary N) is 1. The fraction of sp³-hybridized carbons (Fsp3) is 0.0952. The van der Waals surface area contributed by atoms with Crippen LogP contribution in [-0.4, -0.2) is 21.4 Å². The lowest BCUT2D eigenvalue weighted by Crippen LogP contribution is -2.37. The largest absolute Gasteiger partial charge is 0.497 e. The molecule has 0 radical (unpaired) electrons. The number of nitrogens with zero attached hydrogens (tertiary/aromatic N) is 1. The Balaban J connectivity index is 1.89. The minimum Gasteiger partial charge on any atom is -0.497 e. The molecule has 0 atom stereocenters. The highest BCUT2D eigenvalue weighted by Gasteiger charge is 2.35. The molecule has 4 rings (SSSR count). The van der Waals surface area contributed by atoms with Gasteiger partial charge in [0, 0.05) is 6.07 Å². The molecule has 1 aliphatic heterocycles. The molecule has 0 aromatic heterocycles. The van der Waals surface area contributed by atoms with E-state index in [-0.39, 0.29) is 17.0 Å². The number of para-hydroxylation sites is 1. The second-order valence-corrected chi connectivity index (χ2v) is 8.18. The van der Waals surface area contributed by atoms with E-state index >= 15 is 0 Å². The Bertz CT molecular complexity index is 1140. The summed E-state index contributed by atoms with van der Waals surface area (Å²) in [6.45, 7) is 0. The van der Waals surface area contributed by atoms with Crippen LogP contribution < -0.4 is 14.4 Å². The van der Waals surface area contributed by atoms with Crippen molar-refractivity contribution in [1.82, 2.24) is 0 Å². The lowest BCUT2D eigenvalue weighted by Gasteiger charge is -2.23. The number of carbonyl (C=O) groups is 1. The quantitative estimate of drug-likeness (QED) is 0.726. The molecule has 0 saturated carbocycles. The van der Waals surface area contributed by atoms with Crippen molar-refractivity contribution >= 4 is 33.0 Å². The molecular formula is C21H18N2O4S. The molecule has 1 amide bonds. The van der Waals surface area contributed by atoms with Gasteiger partial charge in [-0.15, -0.1) is 0 Å². The number of carbonyl (C=O) groups excluding carboxylic acids is 1. The highest BCUT2D eigenvalue weighted by molar-refractivity contribution is 7.92. The van der Waals surface area contributed by atoms with Crippen LogP contribution in [0.5, 0.6) is 5.75 Å². The van der Waals surface area contributed by atoms with E-state index in [4.69, 9.17) is 4.74 Å². The third-order valence-electron chi connectivity index (χ3n) is 4.50. The Kier molecular flexibility index (Phi) is 4.52. The van der Waals surface area contributed by atoms with E-state index in [1.54, 1.807) is 66.7 Å². The summed E-state index contributed by atoms with van der Waals surface area (Å²) in [5.41, 5.74) is 2.18. The number of fused-ring (bicyclic) bond motifs is 2. The maximum atomic E-state index is 13.3. The number of hydrogen-bond donors (Lipinski definition) is 1. The summed E-state index contributed by atoms with van der Waals surface area (Å²) in [6.07, 6.45) is 0. The van der Waals surface area contributed by atoms with Gasteiger partial charge in [-0.25, -0.2) is 12.7 Å². The minimum atomic E-state index is -3.98. The zero-order valence-electron chi connectivity index (χ0n) is 15.1. The van der Waals surface area contributed by atoms with Gasteiger partial charge >= 0.3 is 0 Å². The molecule has 7 heteroatoms. The number of hydrogen-bond acceptors (Lipinski definition) is 5. The van der Waals surface area contributed by atoms with Crippen molar-refractivity contribution in [3.05, 3.63) is 83.9 Å². The lowest BCUT2D eigenvalue weighted by molar-refractivity contribution is 0.101. The zero-order chi connectivity index (χ0) is 19.7. The van der Waals surface area contributed by atoms with E-state index in [0.717, 1.165) is 4.31 Å². The predicted octanol–water partition coefficient (Wildman–Crippen LogP) is 3.93. The monoisotopic (exact) mass is 394 g/mol. The summed E-state index contributed by atoms with van der Waals surface area (Å²) < 4.78 is 32.7. The fourth-order valence-electron chi connectivity index (χ4n) is 3.19. The third-order valence-corrected chi connectivity index (χ3v) is 6.12. The Morgan fingerprint density at radius 3 is 2.39 bits per heavy atom. The zero-order valence-corrected chi connectivity index (χ0v) is 15.9. The maximum absolute atomic E-state index is 13.3.